The van der Waals surface area contributed by atoms with Crippen LogP contribution in [0.4, 0.5) is 0 Å². The number of carbonyl (C=O) groups is 1. The second kappa shape index (κ2) is 6.91. The van der Waals surface area contributed by atoms with Gasteiger partial charge in [-0.1, -0.05) is 0 Å². The number of ether oxygens (including phenoxy) is 2. The monoisotopic (exact) mass is 277 g/mol. The lowest BCUT2D eigenvalue weighted by atomic mass is 10.4. The summed E-state index contributed by atoms with van der Waals surface area (Å²) in [4.78, 5) is 16.0. The van der Waals surface area contributed by atoms with Gasteiger partial charge in [0.05, 0.1) is 5.69 Å². The molecule has 0 saturated carbocycles. The Bertz CT molecular complexity index is 580. The van der Waals surface area contributed by atoms with Crippen LogP contribution < -0.4 is 10.1 Å². The lowest BCUT2D eigenvalue weighted by molar-refractivity contribution is -0.123. The molecular weight excluding hydrogens is 258 g/mol. The van der Waals surface area contributed by atoms with E-state index >= 15 is 0 Å². The fourth-order valence-corrected chi connectivity index (χ4v) is 1.86. The Balaban J connectivity index is 1.87. The topological polar surface area (TPSA) is 64.9 Å². The Morgan fingerprint density at radius 3 is 3.15 bits per heavy atom. The van der Waals surface area contributed by atoms with Crippen molar-refractivity contribution in [2.75, 3.05) is 26.9 Å². The second-order valence-electron chi connectivity index (χ2n) is 4.47. The van der Waals surface area contributed by atoms with E-state index in [1.54, 1.807) is 13.2 Å². The third-order valence-electron chi connectivity index (χ3n) is 2.77. The van der Waals surface area contributed by atoms with Crippen molar-refractivity contribution in [2.24, 2.45) is 0 Å². The first kappa shape index (κ1) is 14.3. The van der Waals surface area contributed by atoms with Gasteiger partial charge in [0, 0.05) is 32.7 Å². The molecule has 20 heavy (non-hydrogen) atoms. The van der Waals surface area contributed by atoms with Crippen LogP contribution in [0.2, 0.25) is 0 Å². The van der Waals surface area contributed by atoms with Gasteiger partial charge < -0.3 is 19.2 Å². The highest BCUT2D eigenvalue weighted by molar-refractivity contribution is 5.77. The zero-order chi connectivity index (χ0) is 14.4. The summed E-state index contributed by atoms with van der Waals surface area (Å²) in [6, 6.07) is 3.67. The molecule has 0 fully saturated rings. The van der Waals surface area contributed by atoms with Crippen molar-refractivity contribution < 1.29 is 14.3 Å². The van der Waals surface area contributed by atoms with E-state index in [4.69, 9.17) is 9.47 Å². The van der Waals surface area contributed by atoms with Gasteiger partial charge in [0.2, 0.25) is 0 Å². The molecule has 2 aromatic rings. The van der Waals surface area contributed by atoms with E-state index in [1.807, 2.05) is 29.8 Å². The molecule has 0 unspecified atom stereocenters. The van der Waals surface area contributed by atoms with E-state index < -0.39 is 0 Å². The molecule has 0 saturated heterocycles. The number of imidazole rings is 1. The number of carbonyl (C=O) groups excluding carboxylic acids is 1. The van der Waals surface area contributed by atoms with Gasteiger partial charge in [0.25, 0.3) is 5.91 Å². The van der Waals surface area contributed by atoms with Crippen molar-refractivity contribution in [2.45, 2.75) is 13.3 Å². The highest BCUT2D eigenvalue weighted by Gasteiger charge is 2.07. The van der Waals surface area contributed by atoms with Crippen LogP contribution in [0.15, 0.2) is 24.5 Å². The molecule has 0 aliphatic heterocycles. The van der Waals surface area contributed by atoms with Crippen LogP contribution in [0.25, 0.3) is 5.65 Å². The Kier molecular flexibility index (Phi) is 4.95. The van der Waals surface area contributed by atoms with Crippen LogP contribution in [0.1, 0.15) is 12.1 Å². The predicted molar refractivity (Wildman–Crippen MR) is 74.9 cm³/mol. The summed E-state index contributed by atoms with van der Waals surface area (Å²) >= 11 is 0. The van der Waals surface area contributed by atoms with Crippen molar-refractivity contribution >= 4 is 11.6 Å². The minimum absolute atomic E-state index is 0.0153. The molecule has 1 N–H and O–H groups in total. The maximum Gasteiger partial charge on any atom is 0.257 e. The van der Waals surface area contributed by atoms with Crippen LogP contribution in [0.3, 0.4) is 0 Å². The van der Waals surface area contributed by atoms with Crippen LogP contribution in [-0.4, -0.2) is 42.2 Å². The number of nitrogens with one attached hydrogen (secondary N) is 1. The summed E-state index contributed by atoms with van der Waals surface area (Å²) in [7, 11) is 1.64. The van der Waals surface area contributed by atoms with Crippen LogP contribution >= 0.6 is 0 Å². The Hall–Kier alpha value is -2.08. The zero-order valence-electron chi connectivity index (χ0n) is 11.8. The van der Waals surface area contributed by atoms with Gasteiger partial charge in [0.15, 0.2) is 18.0 Å². The van der Waals surface area contributed by atoms with Crippen molar-refractivity contribution in [1.29, 1.82) is 0 Å². The van der Waals surface area contributed by atoms with Gasteiger partial charge in [0.1, 0.15) is 0 Å². The number of methoxy groups -OCH3 is 1. The lowest BCUT2D eigenvalue weighted by Gasteiger charge is -2.08. The van der Waals surface area contributed by atoms with Gasteiger partial charge >= 0.3 is 0 Å². The smallest absolute Gasteiger partial charge is 0.257 e. The summed E-state index contributed by atoms with van der Waals surface area (Å²) in [5.74, 6) is 0.457. The number of rotatable bonds is 7. The second-order valence-corrected chi connectivity index (χ2v) is 4.47. The predicted octanol–water partition coefficient (Wildman–Crippen LogP) is 1.17. The lowest BCUT2D eigenvalue weighted by Crippen LogP contribution is -2.30. The quantitative estimate of drug-likeness (QED) is 0.772. The standard InChI is InChI=1S/C14H19N3O3/c1-11-9-17-7-3-5-12(14(17)16-11)20-10-13(18)15-6-4-8-19-2/h3,5,7,9H,4,6,8,10H2,1-2H3,(H,15,18). The number of nitrogens with zero attached hydrogens (tertiary/aromatic N) is 2. The van der Waals surface area contributed by atoms with E-state index in [1.165, 1.54) is 0 Å². The molecule has 0 bridgehead atoms. The third-order valence-corrected chi connectivity index (χ3v) is 2.77. The minimum atomic E-state index is -0.147. The summed E-state index contributed by atoms with van der Waals surface area (Å²) in [5, 5.41) is 2.77. The molecule has 0 aromatic carbocycles. The van der Waals surface area contributed by atoms with Gasteiger partial charge in [-0.2, -0.15) is 0 Å². The van der Waals surface area contributed by atoms with Crippen LogP contribution in [-0.2, 0) is 9.53 Å². The maximum absolute atomic E-state index is 11.6. The average molecular weight is 277 g/mol. The molecule has 108 valence electrons. The fourth-order valence-electron chi connectivity index (χ4n) is 1.86. The number of fused-ring (bicyclic) bond motifs is 1. The molecule has 6 nitrogen and oxygen atoms in total. The Morgan fingerprint density at radius 2 is 2.35 bits per heavy atom. The zero-order valence-corrected chi connectivity index (χ0v) is 11.8. The molecule has 1 amide bonds. The van der Waals surface area contributed by atoms with Crippen molar-refractivity contribution in [3.63, 3.8) is 0 Å². The molecule has 0 spiro atoms. The molecular formula is C14H19N3O3. The van der Waals surface area contributed by atoms with E-state index in [0.29, 0.717) is 18.9 Å². The molecule has 2 rings (SSSR count). The van der Waals surface area contributed by atoms with Crippen LogP contribution in [0.5, 0.6) is 5.75 Å². The SMILES string of the molecule is COCCCNC(=O)COc1cccn2cc(C)nc12. The van der Waals surface area contributed by atoms with Gasteiger partial charge in [-0.05, 0) is 25.5 Å². The number of aromatic nitrogens is 2. The average Bonchev–Trinajstić information content (AvgIpc) is 2.82. The van der Waals surface area contributed by atoms with Gasteiger partial charge in [-0.3, -0.25) is 4.79 Å². The van der Waals surface area contributed by atoms with Gasteiger partial charge in [-0.15, -0.1) is 0 Å². The summed E-state index contributed by atoms with van der Waals surface area (Å²) in [6.45, 7) is 3.12. The number of amides is 1. The van der Waals surface area contributed by atoms with E-state index in [0.717, 1.165) is 17.8 Å². The maximum atomic E-state index is 11.6. The van der Waals surface area contributed by atoms with Crippen molar-refractivity contribution in [3.05, 3.63) is 30.2 Å². The molecule has 0 radical (unpaired) electrons. The van der Waals surface area contributed by atoms with Crippen molar-refractivity contribution in [3.8, 4) is 5.75 Å². The van der Waals surface area contributed by atoms with Crippen LogP contribution in [0, 0.1) is 6.92 Å². The molecule has 0 aliphatic carbocycles. The highest BCUT2D eigenvalue weighted by atomic mass is 16.5. The number of pyridine rings is 1. The Labute approximate surface area is 117 Å². The third kappa shape index (κ3) is 3.71. The minimum Gasteiger partial charge on any atom is -0.480 e. The first-order valence-corrected chi connectivity index (χ1v) is 6.53. The first-order chi connectivity index (χ1) is 9.70. The largest absolute Gasteiger partial charge is 0.480 e. The molecule has 2 heterocycles. The normalized spacial score (nSPS) is 10.7. The molecule has 0 atom stereocenters. The van der Waals surface area contributed by atoms with E-state index in [-0.39, 0.29) is 12.5 Å². The fraction of sp³-hybridized carbons (Fsp3) is 0.429. The molecule has 2 aromatic heterocycles. The summed E-state index contributed by atoms with van der Waals surface area (Å²) in [6.07, 6.45) is 4.59. The van der Waals surface area contributed by atoms with Crippen molar-refractivity contribution in [1.82, 2.24) is 14.7 Å². The number of hydrogen-bond donors (Lipinski definition) is 1. The number of aryl methyl sites for hydroxylation is 1. The van der Waals surface area contributed by atoms with E-state index in [2.05, 4.69) is 10.3 Å². The van der Waals surface area contributed by atoms with E-state index in [9.17, 15) is 4.79 Å². The molecule has 6 heteroatoms. The first-order valence-electron chi connectivity index (χ1n) is 6.53. The Morgan fingerprint density at radius 1 is 1.50 bits per heavy atom. The van der Waals surface area contributed by atoms with Gasteiger partial charge in [-0.25, -0.2) is 4.98 Å². The molecule has 0 aliphatic rings. The highest BCUT2D eigenvalue weighted by Crippen LogP contribution is 2.18. The summed E-state index contributed by atoms with van der Waals surface area (Å²) in [5.41, 5.74) is 1.63. The summed E-state index contributed by atoms with van der Waals surface area (Å²) < 4.78 is 12.3. The number of hydrogen-bond acceptors (Lipinski definition) is 4.